The summed E-state index contributed by atoms with van der Waals surface area (Å²) < 4.78 is 4.96. The van der Waals surface area contributed by atoms with Gasteiger partial charge in [0.25, 0.3) is 0 Å². The molecule has 3 aromatic rings. The van der Waals surface area contributed by atoms with Crippen LogP contribution in [0.4, 0.5) is 5.69 Å². The van der Waals surface area contributed by atoms with Gasteiger partial charge in [0.1, 0.15) is 0 Å². The first-order valence-electron chi connectivity index (χ1n) is 8.81. The number of halogens is 1. The fraction of sp³-hybridized carbons (Fsp3) is 0.300. The standard InChI is InChI=1S/C20H23ClN4OS/c1-14(2)25-18-11-7-6-10-17(18)24(20(25)27)13-23(3)12-19(26)22-16-9-5-4-8-15(16)21/h4-11,14H,12-13H2,1-3H3,(H,22,26). The van der Waals surface area contributed by atoms with Crippen LogP contribution in [0.25, 0.3) is 11.0 Å². The molecular formula is C20H23ClN4OS. The SMILES string of the molecule is CC(C)n1c(=S)n(CN(C)CC(=O)Nc2ccccc2Cl)c2ccccc21. The second-order valence-corrected chi connectivity index (χ2v) is 7.62. The van der Waals surface area contributed by atoms with Crippen LogP contribution < -0.4 is 5.32 Å². The van der Waals surface area contributed by atoms with Crippen molar-refractivity contribution < 1.29 is 4.79 Å². The number of hydrogen-bond donors (Lipinski definition) is 1. The van der Waals surface area contributed by atoms with Crippen LogP contribution in [-0.4, -0.2) is 33.5 Å². The maximum atomic E-state index is 12.4. The van der Waals surface area contributed by atoms with Crippen molar-refractivity contribution in [1.82, 2.24) is 14.0 Å². The van der Waals surface area contributed by atoms with E-state index in [-0.39, 0.29) is 18.5 Å². The van der Waals surface area contributed by atoms with Gasteiger partial charge in [-0.25, -0.2) is 0 Å². The number of fused-ring (bicyclic) bond motifs is 1. The number of likely N-dealkylation sites (N-methyl/N-ethyl adjacent to an activating group) is 1. The van der Waals surface area contributed by atoms with E-state index >= 15 is 0 Å². The molecule has 5 nitrogen and oxygen atoms in total. The highest BCUT2D eigenvalue weighted by Crippen LogP contribution is 2.23. The summed E-state index contributed by atoms with van der Waals surface area (Å²) in [5.74, 6) is -0.121. The van der Waals surface area contributed by atoms with Crippen LogP contribution in [0.5, 0.6) is 0 Å². The fourth-order valence-corrected chi connectivity index (χ4v) is 3.81. The fourth-order valence-electron chi connectivity index (χ4n) is 3.16. The molecule has 2 aromatic carbocycles. The van der Waals surface area contributed by atoms with Crippen molar-refractivity contribution in [2.75, 3.05) is 18.9 Å². The molecule has 0 spiro atoms. The van der Waals surface area contributed by atoms with Crippen molar-refractivity contribution in [2.24, 2.45) is 0 Å². The Kier molecular flexibility index (Phi) is 5.99. The van der Waals surface area contributed by atoms with E-state index in [1.807, 2.05) is 36.2 Å². The summed E-state index contributed by atoms with van der Waals surface area (Å²) in [6.45, 7) is 4.99. The second kappa shape index (κ2) is 8.25. The summed E-state index contributed by atoms with van der Waals surface area (Å²) in [6, 6.07) is 15.6. The zero-order valence-electron chi connectivity index (χ0n) is 15.6. The Hall–Kier alpha value is -2.15. The van der Waals surface area contributed by atoms with Gasteiger partial charge < -0.3 is 14.5 Å². The maximum Gasteiger partial charge on any atom is 0.238 e. The first-order valence-corrected chi connectivity index (χ1v) is 9.59. The Morgan fingerprint density at radius 3 is 2.44 bits per heavy atom. The number of rotatable bonds is 6. The van der Waals surface area contributed by atoms with Crippen molar-refractivity contribution in [3.63, 3.8) is 0 Å². The van der Waals surface area contributed by atoms with E-state index in [9.17, 15) is 4.79 Å². The minimum absolute atomic E-state index is 0.121. The number of nitrogens with one attached hydrogen (secondary N) is 1. The minimum Gasteiger partial charge on any atom is -0.324 e. The predicted octanol–water partition coefficient (Wildman–Crippen LogP) is 4.93. The molecule has 142 valence electrons. The largest absolute Gasteiger partial charge is 0.324 e. The highest BCUT2D eigenvalue weighted by atomic mass is 35.5. The molecule has 0 bridgehead atoms. The Labute approximate surface area is 169 Å². The van der Waals surface area contributed by atoms with E-state index < -0.39 is 0 Å². The zero-order chi connectivity index (χ0) is 19.6. The van der Waals surface area contributed by atoms with Crippen molar-refractivity contribution >= 4 is 46.4 Å². The van der Waals surface area contributed by atoms with Crippen molar-refractivity contribution in [1.29, 1.82) is 0 Å². The molecule has 0 fully saturated rings. The number of imidazole rings is 1. The first-order chi connectivity index (χ1) is 12.9. The lowest BCUT2D eigenvalue weighted by molar-refractivity contribution is -0.117. The summed E-state index contributed by atoms with van der Waals surface area (Å²) in [5, 5.41) is 3.37. The van der Waals surface area contributed by atoms with E-state index in [1.54, 1.807) is 12.1 Å². The molecule has 1 aromatic heterocycles. The number of hydrogen-bond acceptors (Lipinski definition) is 3. The van der Waals surface area contributed by atoms with E-state index in [0.717, 1.165) is 15.8 Å². The zero-order valence-corrected chi connectivity index (χ0v) is 17.2. The number of para-hydroxylation sites is 3. The average molecular weight is 403 g/mol. The molecule has 7 heteroatoms. The molecule has 3 rings (SSSR count). The first kappa shape index (κ1) is 19.6. The van der Waals surface area contributed by atoms with Crippen LogP contribution >= 0.6 is 23.8 Å². The molecule has 0 saturated carbocycles. The lowest BCUT2D eigenvalue weighted by Gasteiger charge is -2.18. The van der Waals surface area contributed by atoms with Gasteiger partial charge >= 0.3 is 0 Å². The van der Waals surface area contributed by atoms with E-state index in [0.29, 0.717) is 17.4 Å². The number of nitrogens with zero attached hydrogens (tertiary/aromatic N) is 3. The molecule has 0 aliphatic heterocycles. The molecule has 27 heavy (non-hydrogen) atoms. The Balaban J connectivity index is 1.77. The minimum atomic E-state index is -0.121. The maximum absolute atomic E-state index is 12.4. The third kappa shape index (κ3) is 4.24. The Bertz CT molecular complexity index is 1020. The Morgan fingerprint density at radius 1 is 1.15 bits per heavy atom. The van der Waals surface area contributed by atoms with Crippen LogP contribution in [-0.2, 0) is 11.5 Å². The third-order valence-corrected chi connectivity index (χ3v) is 5.08. The van der Waals surface area contributed by atoms with Crippen LogP contribution in [0.15, 0.2) is 48.5 Å². The molecule has 0 aliphatic rings. The van der Waals surface area contributed by atoms with Crippen molar-refractivity contribution in [2.45, 2.75) is 26.6 Å². The van der Waals surface area contributed by atoms with Crippen LogP contribution in [0.3, 0.4) is 0 Å². The summed E-state index contributed by atoms with van der Waals surface area (Å²) >= 11 is 11.8. The van der Waals surface area contributed by atoms with Gasteiger partial charge in [-0.15, -0.1) is 0 Å². The van der Waals surface area contributed by atoms with Gasteiger partial charge in [0.2, 0.25) is 5.91 Å². The molecule has 1 amide bonds. The molecule has 0 atom stereocenters. The van der Waals surface area contributed by atoms with E-state index in [4.69, 9.17) is 23.8 Å². The molecule has 0 aliphatic carbocycles. The molecule has 0 saturated heterocycles. The number of aromatic nitrogens is 2. The number of anilines is 1. The van der Waals surface area contributed by atoms with Crippen LogP contribution in [0.1, 0.15) is 19.9 Å². The quantitative estimate of drug-likeness (QED) is 0.594. The van der Waals surface area contributed by atoms with E-state index in [2.05, 4.69) is 40.4 Å². The summed E-state index contributed by atoms with van der Waals surface area (Å²) in [7, 11) is 1.90. The van der Waals surface area contributed by atoms with Gasteiger partial charge in [-0.2, -0.15) is 0 Å². The monoisotopic (exact) mass is 402 g/mol. The highest BCUT2D eigenvalue weighted by Gasteiger charge is 2.15. The Morgan fingerprint density at radius 2 is 1.78 bits per heavy atom. The van der Waals surface area contributed by atoms with Gasteiger partial charge in [0.05, 0.1) is 35.0 Å². The summed E-state index contributed by atoms with van der Waals surface area (Å²) in [5.41, 5.74) is 2.78. The number of benzene rings is 2. The van der Waals surface area contributed by atoms with Gasteiger partial charge in [-0.3, -0.25) is 9.69 Å². The van der Waals surface area contributed by atoms with Gasteiger partial charge in [0.15, 0.2) is 4.77 Å². The van der Waals surface area contributed by atoms with Gasteiger partial charge in [-0.1, -0.05) is 35.9 Å². The average Bonchev–Trinajstić information content (AvgIpc) is 2.89. The number of carbonyl (C=O) groups excluding carboxylic acids is 1. The molecule has 0 radical (unpaired) electrons. The van der Waals surface area contributed by atoms with Gasteiger partial charge in [0, 0.05) is 6.04 Å². The molecule has 1 N–H and O–H groups in total. The lowest BCUT2D eigenvalue weighted by atomic mass is 10.3. The van der Waals surface area contributed by atoms with Crippen molar-refractivity contribution in [3.8, 4) is 0 Å². The molecular weight excluding hydrogens is 380 g/mol. The smallest absolute Gasteiger partial charge is 0.238 e. The second-order valence-electron chi connectivity index (χ2n) is 6.85. The molecule has 1 heterocycles. The van der Waals surface area contributed by atoms with E-state index in [1.165, 1.54) is 0 Å². The topological polar surface area (TPSA) is 42.2 Å². The lowest BCUT2D eigenvalue weighted by Crippen LogP contribution is -2.32. The van der Waals surface area contributed by atoms with Gasteiger partial charge in [-0.05, 0) is 57.4 Å². The van der Waals surface area contributed by atoms with Crippen LogP contribution in [0.2, 0.25) is 5.02 Å². The summed E-state index contributed by atoms with van der Waals surface area (Å²) in [6.07, 6.45) is 0. The summed E-state index contributed by atoms with van der Waals surface area (Å²) in [4.78, 5) is 14.3. The predicted molar refractivity (Wildman–Crippen MR) is 114 cm³/mol. The highest BCUT2D eigenvalue weighted by molar-refractivity contribution is 7.71. The van der Waals surface area contributed by atoms with Crippen molar-refractivity contribution in [3.05, 3.63) is 58.3 Å². The molecule has 0 unspecified atom stereocenters. The normalized spacial score (nSPS) is 11.5. The number of carbonyl (C=O) groups is 1. The number of amides is 1. The van der Waals surface area contributed by atoms with Crippen LogP contribution in [0, 0.1) is 4.77 Å². The third-order valence-electron chi connectivity index (χ3n) is 4.33.